The fourth-order valence-corrected chi connectivity index (χ4v) is 5.95. The molecule has 2 amide bonds. The number of halogens is 2. The number of nitrogens with two attached hydrogens (primary N) is 1. The van der Waals surface area contributed by atoms with Crippen molar-refractivity contribution in [1.29, 1.82) is 0 Å². The number of benzene rings is 2. The average Bonchev–Trinajstić information content (AvgIpc) is 3.25. The van der Waals surface area contributed by atoms with Gasteiger partial charge in [-0.25, -0.2) is 13.2 Å². The summed E-state index contributed by atoms with van der Waals surface area (Å²) in [5, 5.41) is 3.22. The quantitative estimate of drug-likeness (QED) is 0.420. The second-order valence-corrected chi connectivity index (χ2v) is 13.8. The molecule has 0 bridgehead atoms. The minimum atomic E-state index is -3.60. The van der Waals surface area contributed by atoms with Gasteiger partial charge in [-0.05, 0) is 63.1 Å². The van der Waals surface area contributed by atoms with Crippen molar-refractivity contribution in [3.63, 3.8) is 0 Å². The highest BCUT2D eigenvalue weighted by Gasteiger charge is 2.28. The molecular weight excluding hydrogens is 596 g/mol. The van der Waals surface area contributed by atoms with E-state index in [0.29, 0.717) is 22.6 Å². The Labute approximate surface area is 237 Å². The van der Waals surface area contributed by atoms with E-state index in [1.165, 1.54) is 30.1 Å². The number of likely N-dealkylation sites (tertiary alicyclic amines) is 1. The SMILES string of the molecule is CCS(=O)(=O)c1ccc(Cl)cc1N(C)C(=O)c1cc(Br)c(CN2CC[C@@H](NC(=O)OC(C)(C)C)C2)cc1N. The van der Waals surface area contributed by atoms with Crippen LogP contribution in [0.5, 0.6) is 0 Å². The minimum absolute atomic E-state index is 0.0260. The molecule has 0 radical (unpaired) electrons. The molecule has 1 heterocycles. The molecule has 1 aliphatic rings. The molecule has 0 saturated carbocycles. The first kappa shape index (κ1) is 30.2. The first-order chi connectivity index (χ1) is 17.6. The van der Waals surface area contributed by atoms with E-state index in [-0.39, 0.29) is 33.6 Å². The van der Waals surface area contributed by atoms with Gasteiger partial charge in [0.05, 0.1) is 21.9 Å². The van der Waals surface area contributed by atoms with Gasteiger partial charge in [0.2, 0.25) is 0 Å². The highest BCUT2D eigenvalue weighted by molar-refractivity contribution is 9.10. The topological polar surface area (TPSA) is 122 Å². The van der Waals surface area contributed by atoms with Gasteiger partial charge in [-0.2, -0.15) is 0 Å². The number of hydrogen-bond acceptors (Lipinski definition) is 7. The smallest absolute Gasteiger partial charge is 0.407 e. The van der Waals surface area contributed by atoms with Crippen molar-refractivity contribution in [1.82, 2.24) is 10.2 Å². The second-order valence-electron chi connectivity index (χ2n) is 10.3. The lowest BCUT2D eigenvalue weighted by atomic mass is 10.1. The fourth-order valence-electron chi connectivity index (χ4n) is 4.21. The number of carbonyl (C=O) groups is 2. The Balaban J connectivity index is 1.75. The first-order valence-corrected chi connectivity index (χ1v) is 15.0. The number of nitrogen functional groups attached to an aromatic ring is 1. The van der Waals surface area contributed by atoms with Gasteiger partial charge in [0, 0.05) is 47.9 Å². The molecule has 2 aromatic carbocycles. The molecule has 0 spiro atoms. The number of alkyl carbamates (subject to hydrolysis) is 1. The number of nitrogens with one attached hydrogen (secondary N) is 1. The summed E-state index contributed by atoms with van der Waals surface area (Å²) < 4.78 is 31.3. The standard InChI is InChI=1S/C26H34BrClN4O5S/c1-6-38(35,36)23-8-7-17(28)12-22(23)31(5)24(33)19-13-20(27)16(11-21(19)29)14-32-10-9-18(15-32)30-25(34)37-26(2,3)4/h7-8,11-13,18H,6,9-10,14-15,29H2,1-5H3,(H,30,34)/t18-/m1/s1. The van der Waals surface area contributed by atoms with Gasteiger partial charge < -0.3 is 20.7 Å². The molecule has 12 heteroatoms. The highest BCUT2D eigenvalue weighted by Crippen LogP contribution is 2.32. The van der Waals surface area contributed by atoms with Gasteiger partial charge in [0.1, 0.15) is 5.60 Å². The molecule has 0 unspecified atom stereocenters. The molecule has 1 aliphatic heterocycles. The van der Waals surface area contributed by atoms with Gasteiger partial charge in [-0.3, -0.25) is 9.69 Å². The third kappa shape index (κ3) is 7.40. The number of carbonyl (C=O) groups excluding carboxylic acids is 2. The van der Waals surface area contributed by atoms with Crippen molar-refractivity contribution in [3.8, 4) is 0 Å². The zero-order chi connectivity index (χ0) is 28.4. The van der Waals surface area contributed by atoms with Crippen LogP contribution in [0.25, 0.3) is 0 Å². The molecule has 3 N–H and O–H groups in total. The van der Waals surface area contributed by atoms with Gasteiger partial charge in [0.25, 0.3) is 5.91 Å². The van der Waals surface area contributed by atoms with Crippen molar-refractivity contribution in [2.45, 2.75) is 57.2 Å². The van der Waals surface area contributed by atoms with Crippen molar-refractivity contribution >= 4 is 60.7 Å². The van der Waals surface area contributed by atoms with Crippen molar-refractivity contribution in [3.05, 3.63) is 51.0 Å². The van der Waals surface area contributed by atoms with Crippen molar-refractivity contribution < 1.29 is 22.7 Å². The van der Waals surface area contributed by atoms with Gasteiger partial charge in [-0.15, -0.1) is 0 Å². The lowest BCUT2D eigenvalue weighted by molar-refractivity contribution is 0.0505. The minimum Gasteiger partial charge on any atom is -0.444 e. The van der Waals surface area contributed by atoms with Crippen LogP contribution in [0.15, 0.2) is 39.7 Å². The summed E-state index contributed by atoms with van der Waals surface area (Å²) in [6.07, 6.45) is 0.354. The summed E-state index contributed by atoms with van der Waals surface area (Å²) in [4.78, 5) is 29.0. The predicted molar refractivity (Wildman–Crippen MR) is 154 cm³/mol. The molecule has 3 rings (SSSR count). The molecule has 0 aromatic heterocycles. The molecule has 1 saturated heterocycles. The summed E-state index contributed by atoms with van der Waals surface area (Å²) in [7, 11) is -2.11. The van der Waals surface area contributed by atoms with Crippen molar-refractivity contribution in [2.75, 3.05) is 36.5 Å². The largest absolute Gasteiger partial charge is 0.444 e. The Hall–Kier alpha value is -2.34. The van der Waals surface area contributed by atoms with Crippen LogP contribution in [0, 0.1) is 0 Å². The predicted octanol–water partition coefficient (Wildman–Crippen LogP) is 4.85. The van der Waals surface area contributed by atoms with Crippen LogP contribution in [0.4, 0.5) is 16.2 Å². The maximum atomic E-state index is 13.4. The maximum absolute atomic E-state index is 13.4. The Morgan fingerprint density at radius 3 is 2.58 bits per heavy atom. The molecule has 208 valence electrons. The number of hydrogen-bond donors (Lipinski definition) is 2. The lowest BCUT2D eigenvalue weighted by Gasteiger charge is -2.23. The summed E-state index contributed by atoms with van der Waals surface area (Å²) in [5.74, 6) is -0.580. The number of rotatable bonds is 7. The Morgan fingerprint density at radius 2 is 1.95 bits per heavy atom. The van der Waals surface area contributed by atoms with E-state index in [9.17, 15) is 18.0 Å². The molecule has 1 fully saturated rings. The normalized spacial score (nSPS) is 16.3. The molecule has 2 aromatic rings. The van der Waals surface area contributed by atoms with Crippen molar-refractivity contribution in [2.24, 2.45) is 0 Å². The van der Waals surface area contributed by atoms with Gasteiger partial charge in [0.15, 0.2) is 9.84 Å². The molecule has 9 nitrogen and oxygen atoms in total. The third-order valence-corrected chi connectivity index (χ3v) is 8.89. The zero-order valence-corrected chi connectivity index (χ0v) is 25.3. The van der Waals surface area contributed by atoms with E-state index in [0.717, 1.165) is 18.5 Å². The van der Waals surface area contributed by atoms with Gasteiger partial charge in [-0.1, -0.05) is 34.5 Å². The number of ether oxygens (including phenoxy) is 1. The van der Waals surface area contributed by atoms with Crippen LogP contribution < -0.4 is 16.0 Å². The van der Waals surface area contributed by atoms with E-state index in [2.05, 4.69) is 26.1 Å². The van der Waals surface area contributed by atoms with E-state index < -0.39 is 27.4 Å². The maximum Gasteiger partial charge on any atom is 0.407 e. The number of nitrogens with zero attached hydrogens (tertiary/aromatic N) is 2. The highest BCUT2D eigenvalue weighted by atomic mass is 79.9. The molecule has 1 atom stereocenters. The van der Waals surface area contributed by atoms with Crippen LogP contribution in [0.3, 0.4) is 0 Å². The third-order valence-electron chi connectivity index (χ3n) is 6.14. The lowest BCUT2D eigenvalue weighted by Crippen LogP contribution is -2.40. The van der Waals surface area contributed by atoms with Gasteiger partial charge >= 0.3 is 6.09 Å². The fraction of sp³-hybridized carbons (Fsp3) is 0.462. The van der Waals surface area contributed by atoms with E-state index in [1.807, 2.05) is 20.8 Å². The summed E-state index contributed by atoms with van der Waals surface area (Å²) in [6, 6.07) is 7.70. The Bertz CT molecular complexity index is 1330. The summed E-state index contributed by atoms with van der Waals surface area (Å²) in [6.45, 7) is 9.00. The zero-order valence-electron chi connectivity index (χ0n) is 22.2. The van der Waals surface area contributed by atoms with E-state index in [4.69, 9.17) is 22.1 Å². The van der Waals surface area contributed by atoms with E-state index in [1.54, 1.807) is 19.1 Å². The first-order valence-electron chi connectivity index (χ1n) is 12.2. The van der Waals surface area contributed by atoms with Crippen LogP contribution in [-0.2, 0) is 21.1 Å². The average molecular weight is 630 g/mol. The number of amides is 2. The molecule has 38 heavy (non-hydrogen) atoms. The number of sulfone groups is 1. The molecule has 0 aliphatic carbocycles. The van der Waals surface area contributed by atoms with Crippen LogP contribution in [0.1, 0.15) is 50.0 Å². The Kier molecular flexibility index (Phi) is 9.39. The second kappa shape index (κ2) is 11.8. The monoisotopic (exact) mass is 628 g/mol. The summed E-state index contributed by atoms with van der Waals surface area (Å²) in [5.41, 5.74) is 7.32. The van der Waals surface area contributed by atoms with Crippen LogP contribution in [-0.4, -0.2) is 62.9 Å². The molecular formula is C26H34BrClN4O5S. The van der Waals surface area contributed by atoms with Crippen LogP contribution >= 0.6 is 27.5 Å². The Morgan fingerprint density at radius 1 is 1.26 bits per heavy atom. The summed E-state index contributed by atoms with van der Waals surface area (Å²) >= 11 is 9.69. The number of anilines is 2. The van der Waals surface area contributed by atoms with Crippen LogP contribution in [0.2, 0.25) is 5.02 Å². The van der Waals surface area contributed by atoms with E-state index >= 15 is 0 Å².